The minimum Gasteiger partial charge on any atom is -0.457 e. The van der Waals surface area contributed by atoms with Gasteiger partial charge in [0, 0.05) is 5.56 Å². The van der Waals surface area contributed by atoms with Crippen molar-refractivity contribution in [1.82, 2.24) is 0 Å². The molecule has 0 aliphatic carbocycles. The van der Waals surface area contributed by atoms with Gasteiger partial charge in [0.2, 0.25) is 0 Å². The zero-order valence-electron chi connectivity index (χ0n) is 9.14. The van der Waals surface area contributed by atoms with Gasteiger partial charge in [-0.25, -0.2) is 0 Å². The largest absolute Gasteiger partial charge is 0.457 e. The standard InChI is InChI=1S/C12H9BrN2O2S/c13-10-8(5-6-17-10)12(16)15-9-4-2-1-3-7(9)11(14)18/h1-6H,(H2,14,18)(H,15,16). The molecule has 1 amide bonds. The minimum absolute atomic E-state index is 0.233. The molecule has 1 aromatic heterocycles. The summed E-state index contributed by atoms with van der Waals surface area (Å²) in [6.07, 6.45) is 1.43. The van der Waals surface area contributed by atoms with Crippen LogP contribution in [0.3, 0.4) is 0 Å². The molecular formula is C12H9BrN2O2S. The van der Waals surface area contributed by atoms with E-state index in [-0.39, 0.29) is 10.9 Å². The number of para-hydroxylation sites is 1. The molecule has 3 N–H and O–H groups in total. The third-order valence-electron chi connectivity index (χ3n) is 2.30. The Morgan fingerprint density at radius 3 is 2.61 bits per heavy atom. The second-order valence-corrected chi connectivity index (χ2v) is 4.63. The molecule has 0 unspecified atom stereocenters. The van der Waals surface area contributed by atoms with Crippen LogP contribution in [-0.4, -0.2) is 10.9 Å². The molecule has 0 atom stereocenters. The molecule has 4 nitrogen and oxygen atoms in total. The number of thiocarbonyl (C=S) groups is 1. The van der Waals surface area contributed by atoms with Crippen molar-refractivity contribution in [2.45, 2.75) is 0 Å². The smallest absolute Gasteiger partial charge is 0.260 e. The van der Waals surface area contributed by atoms with Crippen molar-refractivity contribution in [2.75, 3.05) is 5.32 Å². The highest BCUT2D eigenvalue weighted by molar-refractivity contribution is 9.10. The van der Waals surface area contributed by atoms with Gasteiger partial charge in [-0.05, 0) is 34.1 Å². The fraction of sp³-hybridized carbons (Fsp3) is 0. The van der Waals surface area contributed by atoms with Crippen LogP contribution >= 0.6 is 28.1 Å². The van der Waals surface area contributed by atoms with Gasteiger partial charge in [0.15, 0.2) is 4.67 Å². The van der Waals surface area contributed by atoms with Crippen molar-refractivity contribution in [3.8, 4) is 0 Å². The zero-order chi connectivity index (χ0) is 13.1. The molecule has 2 rings (SSSR count). The molecular weight excluding hydrogens is 316 g/mol. The number of rotatable bonds is 3. The van der Waals surface area contributed by atoms with Crippen LogP contribution in [0, 0.1) is 0 Å². The van der Waals surface area contributed by atoms with Crippen LogP contribution in [0.5, 0.6) is 0 Å². The molecule has 0 saturated carbocycles. The number of furan rings is 1. The lowest BCUT2D eigenvalue weighted by atomic mass is 10.1. The molecule has 92 valence electrons. The highest BCUT2D eigenvalue weighted by Gasteiger charge is 2.14. The second kappa shape index (κ2) is 5.32. The number of hydrogen-bond donors (Lipinski definition) is 2. The maximum absolute atomic E-state index is 12.0. The number of carbonyl (C=O) groups excluding carboxylic acids is 1. The van der Waals surface area contributed by atoms with E-state index < -0.39 is 0 Å². The summed E-state index contributed by atoms with van der Waals surface area (Å²) in [4.78, 5) is 12.2. The maximum Gasteiger partial charge on any atom is 0.260 e. The van der Waals surface area contributed by atoms with Crippen molar-refractivity contribution in [2.24, 2.45) is 5.73 Å². The molecule has 1 heterocycles. The zero-order valence-corrected chi connectivity index (χ0v) is 11.5. The van der Waals surface area contributed by atoms with E-state index in [1.165, 1.54) is 6.26 Å². The van der Waals surface area contributed by atoms with E-state index in [0.29, 0.717) is 21.5 Å². The second-order valence-electron chi connectivity index (χ2n) is 3.47. The average molecular weight is 325 g/mol. The van der Waals surface area contributed by atoms with Gasteiger partial charge in [-0.15, -0.1) is 0 Å². The van der Waals surface area contributed by atoms with E-state index in [0.717, 1.165) is 0 Å². The molecule has 6 heteroatoms. The first-order valence-electron chi connectivity index (χ1n) is 5.03. The minimum atomic E-state index is -0.292. The third kappa shape index (κ3) is 2.60. The number of nitrogens with two attached hydrogens (primary N) is 1. The lowest BCUT2D eigenvalue weighted by molar-refractivity contribution is 0.102. The number of amides is 1. The molecule has 0 fully saturated rings. The number of carbonyl (C=O) groups is 1. The molecule has 18 heavy (non-hydrogen) atoms. The predicted molar refractivity (Wildman–Crippen MR) is 76.7 cm³/mol. The highest BCUT2D eigenvalue weighted by atomic mass is 79.9. The van der Waals surface area contributed by atoms with Crippen LogP contribution in [0.2, 0.25) is 0 Å². The highest BCUT2D eigenvalue weighted by Crippen LogP contribution is 2.21. The summed E-state index contributed by atoms with van der Waals surface area (Å²) in [5, 5.41) is 2.74. The van der Waals surface area contributed by atoms with Crippen molar-refractivity contribution in [3.63, 3.8) is 0 Å². The Bertz CT molecular complexity index is 610. The fourth-order valence-corrected chi connectivity index (χ4v) is 2.05. The molecule has 0 aliphatic rings. The van der Waals surface area contributed by atoms with Gasteiger partial charge < -0.3 is 15.5 Å². The van der Waals surface area contributed by atoms with Gasteiger partial charge >= 0.3 is 0 Å². The predicted octanol–water partition coefficient (Wildman–Crippen LogP) is 2.93. The Labute approximate surface area is 117 Å². The lowest BCUT2D eigenvalue weighted by Crippen LogP contribution is -2.17. The summed E-state index contributed by atoms with van der Waals surface area (Å²) < 4.78 is 5.39. The summed E-state index contributed by atoms with van der Waals surface area (Å²) in [5.74, 6) is -0.292. The first-order chi connectivity index (χ1) is 8.59. The van der Waals surface area contributed by atoms with E-state index in [2.05, 4.69) is 21.2 Å². The average Bonchev–Trinajstić information content (AvgIpc) is 2.76. The summed E-state index contributed by atoms with van der Waals surface area (Å²) in [5.41, 5.74) is 7.20. The van der Waals surface area contributed by atoms with Crippen molar-refractivity contribution in [3.05, 3.63) is 52.4 Å². The van der Waals surface area contributed by atoms with Crippen molar-refractivity contribution in [1.29, 1.82) is 0 Å². The summed E-state index contributed by atoms with van der Waals surface area (Å²) >= 11 is 8.08. The van der Waals surface area contributed by atoms with Crippen LogP contribution in [-0.2, 0) is 0 Å². The van der Waals surface area contributed by atoms with Gasteiger partial charge in [0.1, 0.15) is 4.99 Å². The first-order valence-corrected chi connectivity index (χ1v) is 6.23. The Morgan fingerprint density at radius 2 is 2.00 bits per heavy atom. The summed E-state index contributed by atoms with van der Waals surface area (Å²) in [6, 6.07) is 8.66. The number of anilines is 1. The van der Waals surface area contributed by atoms with Crippen LogP contribution in [0.25, 0.3) is 0 Å². The normalized spacial score (nSPS) is 10.1. The lowest BCUT2D eigenvalue weighted by Gasteiger charge is -2.09. The monoisotopic (exact) mass is 324 g/mol. The van der Waals surface area contributed by atoms with Crippen LogP contribution in [0.15, 0.2) is 45.7 Å². The van der Waals surface area contributed by atoms with Crippen molar-refractivity contribution < 1.29 is 9.21 Å². The Hall–Kier alpha value is -1.66. The SMILES string of the molecule is NC(=S)c1ccccc1NC(=O)c1ccoc1Br. The quantitative estimate of drug-likeness (QED) is 0.852. The molecule has 0 bridgehead atoms. The van der Waals surface area contributed by atoms with E-state index in [1.54, 1.807) is 30.3 Å². The van der Waals surface area contributed by atoms with Gasteiger partial charge in [0.25, 0.3) is 5.91 Å². The van der Waals surface area contributed by atoms with Gasteiger partial charge in [-0.2, -0.15) is 0 Å². The first kappa shape index (κ1) is 12.8. The Kier molecular flexibility index (Phi) is 3.78. The van der Waals surface area contributed by atoms with E-state index >= 15 is 0 Å². The fourth-order valence-electron chi connectivity index (χ4n) is 1.45. The van der Waals surface area contributed by atoms with E-state index in [4.69, 9.17) is 22.4 Å². The van der Waals surface area contributed by atoms with Crippen LogP contribution in [0.4, 0.5) is 5.69 Å². The molecule has 2 aromatic rings. The summed E-state index contributed by atoms with van der Waals surface area (Å²) in [7, 11) is 0. The number of nitrogens with one attached hydrogen (secondary N) is 1. The molecule has 0 aliphatic heterocycles. The number of halogens is 1. The maximum atomic E-state index is 12.0. The topological polar surface area (TPSA) is 68.3 Å². The van der Waals surface area contributed by atoms with Gasteiger partial charge in [-0.3, -0.25) is 4.79 Å². The molecule has 0 spiro atoms. The third-order valence-corrected chi connectivity index (χ3v) is 3.14. The Balaban J connectivity index is 2.28. The summed E-state index contributed by atoms with van der Waals surface area (Å²) in [6.45, 7) is 0. The molecule has 0 radical (unpaired) electrons. The van der Waals surface area contributed by atoms with Gasteiger partial charge in [0.05, 0.1) is 17.5 Å². The van der Waals surface area contributed by atoms with Crippen LogP contribution < -0.4 is 11.1 Å². The van der Waals surface area contributed by atoms with Crippen molar-refractivity contribution >= 4 is 44.7 Å². The Morgan fingerprint density at radius 1 is 1.28 bits per heavy atom. The van der Waals surface area contributed by atoms with Gasteiger partial charge in [-0.1, -0.05) is 24.4 Å². The number of hydrogen-bond acceptors (Lipinski definition) is 3. The van der Waals surface area contributed by atoms with Crippen LogP contribution in [0.1, 0.15) is 15.9 Å². The molecule has 1 aromatic carbocycles. The van der Waals surface area contributed by atoms with E-state index in [1.807, 2.05) is 0 Å². The number of benzene rings is 1. The van der Waals surface area contributed by atoms with E-state index in [9.17, 15) is 4.79 Å². The molecule has 0 saturated heterocycles.